The van der Waals surface area contributed by atoms with Gasteiger partial charge in [-0.3, -0.25) is 13.9 Å². The van der Waals surface area contributed by atoms with Crippen molar-refractivity contribution in [2.24, 2.45) is 7.05 Å². The molecule has 0 spiro atoms. The van der Waals surface area contributed by atoms with Crippen molar-refractivity contribution in [3.8, 4) is 17.2 Å². The zero-order valence-electron chi connectivity index (χ0n) is 13.2. The molecular weight excluding hydrogens is 304 g/mol. The van der Waals surface area contributed by atoms with Crippen LogP contribution in [0.25, 0.3) is 28.2 Å². The van der Waals surface area contributed by atoms with E-state index >= 15 is 0 Å². The molecule has 0 saturated carbocycles. The molecular formula is C18H14N4O2. The van der Waals surface area contributed by atoms with Crippen LogP contribution in [-0.2, 0) is 7.05 Å². The van der Waals surface area contributed by atoms with Crippen LogP contribution >= 0.6 is 0 Å². The number of benzene rings is 2. The lowest BCUT2D eigenvalue weighted by molar-refractivity contribution is 0.758. The minimum atomic E-state index is -0.591. The third kappa shape index (κ3) is 1.96. The highest BCUT2D eigenvalue weighted by Crippen LogP contribution is 2.26. The number of aromatic nitrogens is 4. The summed E-state index contributed by atoms with van der Waals surface area (Å²) >= 11 is 0. The van der Waals surface area contributed by atoms with E-state index in [0.717, 1.165) is 21.3 Å². The first kappa shape index (κ1) is 14.3. The lowest BCUT2D eigenvalue weighted by Gasteiger charge is -2.18. The van der Waals surface area contributed by atoms with Crippen molar-refractivity contribution in [3.63, 3.8) is 0 Å². The maximum atomic E-state index is 12.5. The van der Waals surface area contributed by atoms with Gasteiger partial charge in [-0.25, -0.2) is 9.78 Å². The molecule has 6 heteroatoms. The summed E-state index contributed by atoms with van der Waals surface area (Å²) in [5, 5.41) is 0. The fraction of sp³-hybridized carbons (Fsp3) is 0.111. The summed E-state index contributed by atoms with van der Waals surface area (Å²) in [7, 11) is 1.41. The first-order valence-corrected chi connectivity index (χ1v) is 7.52. The molecule has 0 unspecified atom stereocenters. The minimum absolute atomic E-state index is 0.180. The Bertz CT molecular complexity index is 1170. The standard InChI is InChI=1S/C18H14N4O2/c1-11-7-3-5-9-13(11)22-14-10-6-4-8-12(14)19-15-16(22)20-18(24)21(2)17(15)23/h3-10H,1-2H3. The highest BCUT2D eigenvalue weighted by atomic mass is 16.2. The van der Waals surface area contributed by atoms with Gasteiger partial charge in [0.1, 0.15) is 0 Å². The normalized spacial score (nSPS) is 11.2. The Morgan fingerprint density at radius 3 is 2.42 bits per heavy atom. The van der Waals surface area contributed by atoms with Gasteiger partial charge in [-0.1, -0.05) is 30.3 Å². The average Bonchev–Trinajstić information content (AvgIpc) is 2.59. The van der Waals surface area contributed by atoms with E-state index in [1.165, 1.54) is 7.05 Å². The van der Waals surface area contributed by atoms with Gasteiger partial charge >= 0.3 is 5.69 Å². The number of fused-ring (bicyclic) bond motifs is 2. The second-order valence-electron chi connectivity index (χ2n) is 5.65. The Labute approximate surface area is 137 Å². The van der Waals surface area contributed by atoms with Gasteiger partial charge in [0.15, 0.2) is 11.5 Å². The molecule has 0 fully saturated rings. The number of hydrogen-bond acceptors (Lipinski definition) is 4. The van der Waals surface area contributed by atoms with E-state index in [0.29, 0.717) is 5.52 Å². The smallest absolute Gasteiger partial charge is 0.290 e. The first-order chi connectivity index (χ1) is 11.6. The quantitative estimate of drug-likeness (QED) is 0.503. The van der Waals surface area contributed by atoms with Crippen molar-refractivity contribution in [3.05, 3.63) is 74.9 Å². The van der Waals surface area contributed by atoms with Crippen LogP contribution in [0, 0.1) is 6.92 Å². The van der Waals surface area contributed by atoms with Crippen molar-refractivity contribution >= 4 is 11.0 Å². The Morgan fingerprint density at radius 1 is 0.917 bits per heavy atom. The summed E-state index contributed by atoms with van der Waals surface area (Å²) in [5.41, 5.74) is 2.48. The Hall–Kier alpha value is -3.28. The van der Waals surface area contributed by atoms with Gasteiger partial charge in [0.2, 0.25) is 0 Å². The summed E-state index contributed by atoms with van der Waals surface area (Å²) in [6, 6.07) is 15.3. The van der Waals surface area contributed by atoms with Crippen LogP contribution in [0.1, 0.15) is 5.56 Å². The molecule has 6 nitrogen and oxygen atoms in total. The molecule has 0 atom stereocenters. The molecule has 0 aliphatic carbocycles. The van der Waals surface area contributed by atoms with Crippen molar-refractivity contribution in [2.45, 2.75) is 6.92 Å². The summed E-state index contributed by atoms with van der Waals surface area (Å²) < 4.78 is 2.81. The number of para-hydroxylation sites is 3. The van der Waals surface area contributed by atoms with Gasteiger partial charge in [0.05, 0.1) is 16.7 Å². The van der Waals surface area contributed by atoms with Crippen LogP contribution in [0.4, 0.5) is 0 Å². The van der Waals surface area contributed by atoms with Crippen LogP contribution in [0.15, 0.2) is 58.1 Å². The maximum Gasteiger partial charge on any atom is 0.352 e. The molecule has 2 heterocycles. The molecule has 24 heavy (non-hydrogen) atoms. The molecule has 0 bridgehead atoms. The average molecular weight is 318 g/mol. The van der Waals surface area contributed by atoms with E-state index in [1.807, 2.05) is 60.0 Å². The molecule has 2 aliphatic heterocycles. The summed E-state index contributed by atoms with van der Waals surface area (Å²) in [6.07, 6.45) is 0. The number of hydrogen-bond donors (Lipinski definition) is 0. The predicted octanol–water partition coefficient (Wildman–Crippen LogP) is 1.89. The van der Waals surface area contributed by atoms with Crippen LogP contribution < -0.4 is 11.2 Å². The van der Waals surface area contributed by atoms with Crippen molar-refractivity contribution in [1.29, 1.82) is 0 Å². The zero-order chi connectivity index (χ0) is 16.8. The second-order valence-corrected chi connectivity index (χ2v) is 5.65. The Kier molecular flexibility index (Phi) is 3.06. The van der Waals surface area contributed by atoms with E-state index in [9.17, 15) is 9.59 Å². The predicted molar refractivity (Wildman–Crippen MR) is 91.7 cm³/mol. The van der Waals surface area contributed by atoms with E-state index in [2.05, 4.69) is 9.97 Å². The molecule has 0 aromatic heterocycles. The van der Waals surface area contributed by atoms with E-state index in [4.69, 9.17) is 0 Å². The molecule has 0 saturated heterocycles. The zero-order valence-corrected chi connectivity index (χ0v) is 13.2. The van der Waals surface area contributed by atoms with Crippen molar-refractivity contribution in [2.75, 3.05) is 0 Å². The molecule has 118 valence electrons. The molecule has 2 aliphatic rings. The fourth-order valence-corrected chi connectivity index (χ4v) is 2.85. The molecule has 2 aromatic carbocycles. The Balaban J connectivity index is 2.31. The molecule has 0 N–H and O–H groups in total. The number of rotatable bonds is 1. The summed E-state index contributed by atoms with van der Waals surface area (Å²) in [6.45, 7) is 1.97. The van der Waals surface area contributed by atoms with Gasteiger partial charge in [0, 0.05) is 7.05 Å². The van der Waals surface area contributed by atoms with E-state index in [-0.39, 0.29) is 11.5 Å². The Morgan fingerprint density at radius 2 is 1.62 bits per heavy atom. The van der Waals surface area contributed by atoms with Crippen molar-refractivity contribution in [1.82, 2.24) is 19.1 Å². The van der Waals surface area contributed by atoms with Crippen LogP contribution in [0.3, 0.4) is 0 Å². The third-order valence-corrected chi connectivity index (χ3v) is 4.13. The topological polar surface area (TPSA) is 69.8 Å². The van der Waals surface area contributed by atoms with E-state index in [1.54, 1.807) is 0 Å². The molecule has 4 rings (SSSR count). The van der Waals surface area contributed by atoms with Gasteiger partial charge in [-0.2, -0.15) is 4.98 Å². The molecule has 0 amide bonds. The lowest BCUT2D eigenvalue weighted by Crippen LogP contribution is -2.36. The maximum absolute atomic E-state index is 12.5. The van der Waals surface area contributed by atoms with Gasteiger partial charge in [-0.05, 0) is 30.7 Å². The van der Waals surface area contributed by atoms with Crippen LogP contribution in [-0.4, -0.2) is 19.1 Å². The lowest BCUT2D eigenvalue weighted by atomic mass is 10.1. The second kappa shape index (κ2) is 5.13. The summed E-state index contributed by atoms with van der Waals surface area (Å²) in [4.78, 5) is 33.1. The molecule has 2 aromatic rings. The van der Waals surface area contributed by atoms with Crippen LogP contribution in [0.2, 0.25) is 0 Å². The monoisotopic (exact) mass is 318 g/mol. The number of nitrogens with zero attached hydrogens (tertiary/aromatic N) is 4. The van der Waals surface area contributed by atoms with Crippen LogP contribution in [0.5, 0.6) is 0 Å². The third-order valence-electron chi connectivity index (χ3n) is 4.13. The van der Waals surface area contributed by atoms with Gasteiger partial charge in [0.25, 0.3) is 5.56 Å². The highest BCUT2D eigenvalue weighted by Gasteiger charge is 2.21. The van der Waals surface area contributed by atoms with Crippen molar-refractivity contribution < 1.29 is 0 Å². The minimum Gasteiger partial charge on any atom is -0.290 e. The van der Waals surface area contributed by atoms with Gasteiger partial charge < -0.3 is 0 Å². The fourth-order valence-electron chi connectivity index (χ4n) is 2.85. The number of aryl methyl sites for hydroxylation is 1. The highest BCUT2D eigenvalue weighted by molar-refractivity contribution is 5.82. The molecule has 0 radical (unpaired) electrons. The van der Waals surface area contributed by atoms with Gasteiger partial charge in [-0.15, -0.1) is 0 Å². The SMILES string of the molecule is Cc1ccccc1-n1c2nc(=O)n(C)c(=O)c-2nc2ccccc21. The largest absolute Gasteiger partial charge is 0.352 e. The summed E-state index contributed by atoms with van der Waals surface area (Å²) in [5.74, 6) is 0.274. The van der Waals surface area contributed by atoms with E-state index < -0.39 is 11.2 Å². The first-order valence-electron chi connectivity index (χ1n) is 7.52.